The van der Waals surface area contributed by atoms with Crippen molar-refractivity contribution in [1.82, 2.24) is 5.32 Å². The van der Waals surface area contributed by atoms with Crippen molar-refractivity contribution in [3.63, 3.8) is 0 Å². The number of carboxylic acid groups (broad SMARTS) is 1. The van der Waals surface area contributed by atoms with Gasteiger partial charge in [0, 0.05) is 12.5 Å². The fourth-order valence-corrected chi connectivity index (χ4v) is 2.49. The third kappa shape index (κ3) is 4.92. The number of halogens is 1. The smallest absolute Gasteiger partial charge is 0.326 e. The Morgan fingerprint density at radius 1 is 1.52 bits per heavy atom. The summed E-state index contributed by atoms with van der Waals surface area (Å²) in [5.41, 5.74) is 0.796. The summed E-state index contributed by atoms with van der Waals surface area (Å²) in [6.45, 7) is 2.23. The number of carboxylic acids is 1. The van der Waals surface area contributed by atoms with Crippen LogP contribution in [0.4, 0.5) is 4.39 Å². The Bertz CT molecular complexity index is 572. The highest BCUT2D eigenvalue weighted by Gasteiger charge is 2.31. The minimum atomic E-state index is -1.12. The van der Waals surface area contributed by atoms with Crippen LogP contribution >= 0.6 is 0 Å². The number of hydrogen-bond acceptors (Lipinski definition) is 4. The SMILES string of the molecule is Cc1ccc(F)c(OCC(=O)NC(C(=O)O)C2CCCOC2)c1. The lowest BCUT2D eigenvalue weighted by atomic mass is 9.93. The molecule has 2 unspecified atom stereocenters. The van der Waals surface area contributed by atoms with Crippen LogP contribution in [0.15, 0.2) is 18.2 Å². The maximum atomic E-state index is 13.5. The van der Waals surface area contributed by atoms with Crippen molar-refractivity contribution in [2.24, 2.45) is 5.92 Å². The van der Waals surface area contributed by atoms with Crippen molar-refractivity contribution in [2.45, 2.75) is 25.8 Å². The lowest BCUT2D eigenvalue weighted by Gasteiger charge is -2.28. The Balaban J connectivity index is 1.91. The number of carbonyl (C=O) groups excluding carboxylic acids is 1. The van der Waals surface area contributed by atoms with E-state index in [1.165, 1.54) is 12.1 Å². The Morgan fingerprint density at radius 3 is 2.96 bits per heavy atom. The number of aliphatic carboxylic acids is 1. The molecule has 1 aromatic rings. The highest BCUT2D eigenvalue weighted by molar-refractivity contribution is 5.84. The minimum Gasteiger partial charge on any atom is -0.481 e. The average molecular weight is 325 g/mol. The zero-order valence-electron chi connectivity index (χ0n) is 12.9. The maximum Gasteiger partial charge on any atom is 0.326 e. The molecule has 6 nitrogen and oxygen atoms in total. The minimum absolute atomic E-state index is 0.0342. The maximum absolute atomic E-state index is 13.5. The molecular formula is C16H20FNO5. The molecule has 0 spiro atoms. The van der Waals surface area contributed by atoms with Crippen LogP contribution in [0, 0.1) is 18.7 Å². The van der Waals surface area contributed by atoms with Crippen LogP contribution in [-0.2, 0) is 14.3 Å². The normalized spacial score (nSPS) is 19.0. The number of ether oxygens (including phenoxy) is 2. The van der Waals surface area contributed by atoms with Gasteiger partial charge in [-0.25, -0.2) is 9.18 Å². The molecule has 7 heteroatoms. The first-order chi connectivity index (χ1) is 11.0. The molecule has 1 fully saturated rings. The Hall–Kier alpha value is -2.15. The number of nitrogens with one attached hydrogen (secondary N) is 1. The van der Waals surface area contributed by atoms with E-state index in [1.54, 1.807) is 13.0 Å². The van der Waals surface area contributed by atoms with Crippen LogP contribution in [0.5, 0.6) is 5.75 Å². The average Bonchev–Trinajstić information content (AvgIpc) is 2.54. The molecule has 1 aromatic carbocycles. The molecule has 1 aliphatic heterocycles. The molecule has 0 bridgehead atoms. The van der Waals surface area contributed by atoms with Gasteiger partial charge in [-0.15, -0.1) is 0 Å². The summed E-state index contributed by atoms with van der Waals surface area (Å²) in [6.07, 6.45) is 1.43. The van der Waals surface area contributed by atoms with Crippen LogP contribution in [0.2, 0.25) is 0 Å². The molecule has 2 N–H and O–H groups in total. The molecule has 1 amide bonds. The van der Waals surface area contributed by atoms with E-state index >= 15 is 0 Å². The molecule has 23 heavy (non-hydrogen) atoms. The lowest BCUT2D eigenvalue weighted by molar-refractivity contribution is -0.145. The monoisotopic (exact) mass is 325 g/mol. The summed E-state index contributed by atoms with van der Waals surface area (Å²) in [7, 11) is 0. The second-order valence-electron chi connectivity index (χ2n) is 5.58. The number of hydrogen-bond donors (Lipinski definition) is 2. The van der Waals surface area contributed by atoms with Crippen molar-refractivity contribution >= 4 is 11.9 Å². The van der Waals surface area contributed by atoms with Crippen LogP contribution in [0.1, 0.15) is 18.4 Å². The van der Waals surface area contributed by atoms with Crippen molar-refractivity contribution in [2.75, 3.05) is 19.8 Å². The predicted octanol–water partition coefficient (Wildman–Crippen LogP) is 1.51. The summed E-state index contributed by atoms with van der Waals surface area (Å²) in [6, 6.07) is 3.29. The first-order valence-corrected chi connectivity index (χ1v) is 7.46. The number of aryl methyl sites for hydroxylation is 1. The van der Waals surface area contributed by atoms with E-state index in [0.29, 0.717) is 19.6 Å². The van der Waals surface area contributed by atoms with E-state index in [4.69, 9.17) is 9.47 Å². The van der Waals surface area contributed by atoms with E-state index in [2.05, 4.69) is 5.32 Å². The molecule has 0 radical (unpaired) electrons. The van der Waals surface area contributed by atoms with Gasteiger partial charge in [-0.3, -0.25) is 4.79 Å². The second kappa shape index (κ2) is 7.92. The molecule has 1 heterocycles. The predicted molar refractivity (Wildman–Crippen MR) is 79.7 cm³/mol. The highest BCUT2D eigenvalue weighted by Crippen LogP contribution is 2.19. The molecule has 0 saturated carbocycles. The number of carbonyl (C=O) groups is 2. The zero-order chi connectivity index (χ0) is 16.8. The molecule has 2 atom stereocenters. The van der Waals surface area contributed by atoms with Gasteiger partial charge in [0.1, 0.15) is 6.04 Å². The van der Waals surface area contributed by atoms with Gasteiger partial charge in [0.15, 0.2) is 18.2 Å². The van der Waals surface area contributed by atoms with Gasteiger partial charge in [0.05, 0.1) is 6.61 Å². The van der Waals surface area contributed by atoms with E-state index < -0.39 is 30.3 Å². The van der Waals surface area contributed by atoms with Crippen LogP contribution in [-0.4, -0.2) is 42.8 Å². The number of benzene rings is 1. The standard InChI is InChI=1S/C16H20FNO5/c1-10-4-5-12(17)13(7-10)23-9-14(19)18-15(16(20)21)11-3-2-6-22-8-11/h4-5,7,11,15H,2-3,6,8-9H2,1H3,(H,18,19)(H,20,21). The van der Waals surface area contributed by atoms with E-state index in [-0.39, 0.29) is 11.7 Å². The number of amides is 1. The highest BCUT2D eigenvalue weighted by atomic mass is 19.1. The molecule has 0 aliphatic carbocycles. The van der Waals surface area contributed by atoms with Gasteiger partial charge in [-0.2, -0.15) is 0 Å². The molecular weight excluding hydrogens is 305 g/mol. The second-order valence-corrected chi connectivity index (χ2v) is 5.58. The Kier molecular flexibility index (Phi) is 5.92. The first-order valence-electron chi connectivity index (χ1n) is 7.46. The zero-order valence-corrected chi connectivity index (χ0v) is 12.9. The fourth-order valence-electron chi connectivity index (χ4n) is 2.49. The fraction of sp³-hybridized carbons (Fsp3) is 0.500. The third-order valence-corrected chi connectivity index (χ3v) is 3.69. The molecule has 2 rings (SSSR count). The molecule has 1 aliphatic rings. The van der Waals surface area contributed by atoms with Gasteiger partial charge < -0.3 is 19.9 Å². The van der Waals surface area contributed by atoms with Gasteiger partial charge in [-0.1, -0.05) is 6.07 Å². The first kappa shape index (κ1) is 17.2. The summed E-state index contributed by atoms with van der Waals surface area (Å²) in [4.78, 5) is 23.2. The third-order valence-electron chi connectivity index (χ3n) is 3.69. The number of rotatable bonds is 6. The van der Waals surface area contributed by atoms with E-state index in [1.807, 2.05) is 0 Å². The van der Waals surface area contributed by atoms with E-state index in [9.17, 15) is 19.1 Å². The van der Waals surface area contributed by atoms with Gasteiger partial charge in [0.2, 0.25) is 0 Å². The summed E-state index contributed by atoms with van der Waals surface area (Å²) < 4.78 is 23.9. The largest absolute Gasteiger partial charge is 0.481 e. The van der Waals surface area contributed by atoms with Crippen LogP contribution in [0.25, 0.3) is 0 Å². The van der Waals surface area contributed by atoms with Crippen LogP contribution < -0.4 is 10.1 Å². The van der Waals surface area contributed by atoms with Crippen LogP contribution in [0.3, 0.4) is 0 Å². The van der Waals surface area contributed by atoms with Crippen molar-refractivity contribution < 1.29 is 28.6 Å². The van der Waals surface area contributed by atoms with Gasteiger partial charge >= 0.3 is 5.97 Å². The Labute approximate surface area is 133 Å². The Morgan fingerprint density at radius 2 is 2.30 bits per heavy atom. The topological polar surface area (TPSA) is 84.9 Å². The lowest BCUT2D eigenvalue weighted by Crippen LogP contribution is -2.49. The van der Waals surface area contributed by atoms with Gasteiger partial charge in [-0.05, 0) is 37.5 Å². The van der Waals surface area contributed by atoms with E-state index in [0.717, 1.165) is 12.0 Å². The summed E-state index contributed by atoms with van der Waals surface area (Å²) >= 11 is 0. The summed E-state index contributed by atoms with van der Waals surface area (Å²) in [5, 5.41) is 11.7. The molecule has 1 saturated heterocycles. The molecule has 126 valence electrons. The van der Waals surface area contributed by atoms with Crippen molar-refractivity contribution in [3.05, 3.63) is 29.6 Å². The summed E-state index contributed by atoms with van der Waals surface area (Å²) in [5.74, 6) is -2.60. The van der Waals surface area contributed by atoms with Crippen molar-refractivity contribution in [3.8, 4) is 5.75 Å². The van der Waals surface area contributed by atoms with Crippen molar-refractivity contribution in [1.29, 1.82) is 0 Å². The molecule has 0 aromatic heterocycles. The quantitative estimate of drug-likeness (QED) is 0.828. The van der Waals surface area contributed by atoms with Gasteiger partial charge in [0.25, 0.3) is 5.91 Å².